The van der Waals surface area contributed by atoms with Gasteiger partial charge in [-0.2, -0.15) is 0 Å². The van der Waals surface area contributed by atoms with Crippen molar-refractivity contribution < 1.29 is 50.1 Å². The molecule has 1 fully saturated rings. The number of amides is 2. The van der Waals surface area contributed by atoms with Crippen LogP contribution in [-0.2, 0) is 4.74 Å². The number of ether oxygens (including phenoxy) is 1. The smallest absolute Gasteiger partial charge is 0.262 e. The minimum absolute atomic E-state index is 0.0407. The molecule has 0 saturated carbocycles. The highest BCUT2D eigenvalue weighted by Gasteiger charge is 2.47. The Kier molecular flexibility index (Phi) is 5.57. The van der Waals surface area contributed by atoms with Gasteiger partial charge in [-0.15, -0.1) is 0 Å². The normalized spacial score (nSPS) is 24.9. The number of phenols is 2. The highest BCUT2D eigenvalue weighted by molar-refractivity contribution is 6.39. The number of imide groups is 1. The van der Waals surface area contributed by atoms with Crippen LogP contribution in [0.2, 0.25) is 0 Å². The summed E-state index contributed by atoms with van der Waals surface area (Å²) in [4.78, 5) is 31.7. The van der Waals surface area contributed by atoms with Crippen molar-refractivity contribution in [2.24, 2.45) is 0 Å². The number of β-amino-alcohol motifs (C(OH)–C–C–N with tert-alkyl or cyclic N) is 1. The summed E-state index contributed by atoms with van der Waals surface area (Å²) in [6, 6.07) is 8.79. The van der Waals surface area contributed by atoms with Crippen LogP contribution in [0.3, 0.4) is 0 Å². The Hall–Kier alpha value is -4.24. The van der Waals surface area contributed by atoms with Gasteiger partial charge < -0.3 is 50.0 Å². The van der Waals surface area contributed by atoms with E-state index in [-0.39, 0.29) is 45.6 Å². The molecule has 0 bridgehead atoms. The molecule has 3 aromatic carbocycles. The summed E-state index contributed by atoms with van der Waals surface area (Å²) < 4.78 is 7.38. The van der Waals surface area contributed by atoms with E-state index < -0.39 is 55.7 Å². The number of nitrogens with zero attached hydrogens (tertiary/aromatic N) is 2. The maximum absolute atomic E-state index is 13.8. The lowest BCUT2D eigenvalue weighted by Gasteiger charge is -2.41. The molecule has 41 heavy (non-hydrogen) atoms. The van der Waals surface area contributed by atoms with Gasteiger partial charge >= 0.3 is 0 Å². The molecule has 2 aromatic heterocycles. The third-order valence-corrected chi connectivity index (χ3v) is 8.12. The first-order chi connectivity index (χ1) is 19.7. The van der Waals surface area contributed by atoms with Crippen molar-refractivity contribution in [2.75, 3.05) is 19.8 Å². The number of aromatic hydroxyl groups is 2. The monoisotopic (exact) mass is 563 g/mol. The summed E-state index contributed by atoms with van der Waals surface area (Å²) in [7, 11) is 0. The highest BCUT2D eigenvalue weighted by Crippen LogP contribution is 2.48. The Morgan fingerprint density at radius 3 is 2.17 bits per heavy atom. The molecule has 2 amide bonds. The van der Waals surface area contributed by atoms with Gasteiger partial charge in [0.15, 0.2) is 6.23 Å². The van der Waals surface area contributed by atoms with Gasteiger partial charge in [0.25, 0.3) is 11.8 Å². The average Bonchev–Trinajstić information content (AvgIpc) is 3.56. The molecular formula is C28H25N3O10. The van der Waals surface area contributed by atoms with Gasteiger partial charge in [-0.3, -0.25) is 14.5 Å². The first kappa shape index (κ1) is 25.7. The quantitative estimate of drug-likeness (QED) is 0.141. The minimum Gasteiger partial charge on any atom is -0.508 e. The van der Waals surface area contributed by atoms with Crippen LogP contribution in [0, 0.1) is 0 Å². The Bertz CT molecular complexity index is 1930. The number of hydrogen-bond donors (Lipinski definition) is 8. The molecular weight excluding hydrogens is 538 g/mol. The molecule has 2 aliphatic heterocycles. The third-order valence-electron chi connectivity index (χ3n) is 8.12. The number of fused-ring (bicyclic) bond motifs is 10. The van der Waals surface area contributed by atoms with E-state index in [1.807, 2.05) is 0 Å². The number of aliphatic hydroxyl groups excluding tert-OH is 5. The number of H-pyrrole nitrogens is 1. The van der Waals surface area contributed by atoms with E-state index in [1.54, 1.807) is 12.1 Å². The molecule has 4 heterocycles. The van der Waals surface area contributed by atoms with Gasteiger partial charge in [-0.1, -0.05) is 0 Å². The maximum atomic E-state index is 13.8. The number of carbonyl (C=O) groups is 2. The number of rotatable bonds is 4. The van der Waals surface area contributed by atoms with Crippen molar-refractivity contribution in [1.29, 1.82) is 0 Å². The van der Waals surface area contributed by atoms with Crippen LogP contribution < -0.4 is 0 Å². The molecule has 13 heteroatoms. The van der Waals surface area contributed by atoms with E-state index in [9.17, 15) is 45.3 Å². The first-order valence-corrected chi connectivity index (χ1v) is 12.9. The lowest BCUT2D eigenvalue weighted by molar-refractivity contribution is -0.249. The fraction of sp³-hybridized carbons (Fsp3) is 0.286. The Morgan fingerprint density at radius 1 is 0.829 bits per heavy atom. The average molecular weight is 564 g/mol. The van der Waals surface area contributed by atoms with E-state index in [1.165, 1.54) is 28.8 Å². The van der Waals surface area contributed by atoms with Gasteiger partial charge in [0.05, 0.1) is 53.0 Å². The zero-order valence-electron chi connectivity index (χ0n) is 21.2. The van der Waals surface area contributed by atoms with Gasteiger partial charge in [0.1, 0.15) is 35.9 Å². The van der Waals surface area contributed by atoms with Crippen molar-refractivity contribution in [3.05, 3.63) is 47.5 Å². The molecule has 2 aliphatic rings. The summed E-state index contributed by atoms with van der Waals surface area (Å²) in [5, 5.41) is 73.8. The van der Waals surface area contributed by atoms with Gasteiger partial charge in [0.2, 0.25) is 0 Å². The molecule has 8 N–H and O–H groups in total. The molecule has 0 unspecified atom stereocenters. The Balaban J connectivity index is 1.70. The molecule has 13 nitrogen and oxygen atoms in total. The van der Waals surface area contributed by atoms with E-state index in [0.29, 0.717) is 27.2 Å². The van der Waals surface area contributed by atoms with E-state index in [2.05, 4.69) is 4.98 Å². The lowest BCUT2D eigenvalue weighted by atomic mass is 9.96. The summed E-state index contributed by atoms with van der Waals surface area (Å²) in [6.45, 7) is -1.38. The number of aliphatic hydroxyl groups is 5. The number of carbonyl (C=O) groups excluding carboxylic acids is 2. The Morgan fingerprint density at radius 2 is 1.49 bits per heavy atom. The SMILES string of the molecule is O=C1c2c(c3c4ccc(O)cc4n([C@@H]4O[C@H](CO)[C@@H](O)[C@H](O)[C@H]4O)c3c3[nH]c4cc(O)ccc4c23)C(=O)N1CCO. The van der Waals surface area contributed by atoms with Crippen LogP contribution in [0.4, 0.5) is 0 Å². The predicted molar refractivity (Wildman–Crippen MR) is 144 cm³/mol. The number of aromatic nitrogens is 2. The van der Waals surface area contributed by atoms with Crippen molar-refractivity contribution in [2.45, 2.75) is 30.6 Å². The molecule has 7 rings (SSSR count). The number of phenolic OH excluding ortho intramolecular Hbond substituents is 2. The summed E-state index contributed by atoms with van der Waals surface area (Å²) in [5.74, 6) is -1.49. The topological polar surface area (TPSA) is 209 Å². The van der Waals surface area contributed by atoms with Crippen LogP contribution >= 0.6 is 0 Å². The number of aromatic amines is 1. The second-order valence-corrected chi connectivity index (χ2v) is 10.4. The zero-order valence-corrected chi connectivity index (χ0v) is 21.2. The number of nitrogens with one attached hydrogen (secondary N) is 1. The fourth-order valence-electron chi connectivity index (χ4n) is 6.32. The molecule has 1 saturated heterocycles. The van der Waals surface area contributed by atoms with E-state index in [0.717, 1.165) is 4.90 Å². The molecule has 0 spiro atoms. The van der Waals surface area contributed by atoms with Crippen molar-refractivity contribution in [3.8, 4) is 11.5 Å². The van der Waals surface area contributed by atoms with Crippen molar-refractivity contribution in [3.63, 3.8) is 0 Å². The van der Waals surface area contributed by atoms with Crippen molar-refractivity contribution in [1.82, 2.24) is 14.5 Å². The molecule has 5 aromatic rings. The van der Waals surface area contributed by atoms with Crippen LogP contribution in [0.15, 0.2) is 36.4 Å². The van der Waals surface area contributed by atoms with E-state index >= 15 is 0 Å². The van der Waals surface area contributed by atoms with Crippen LogP contribution in [0.5, 0.6) is 11.5 Å². The Labute approximate surface area is 229 Å². The predicted octanol–water partition coefficient (Wildman–Crippen LogP) is 0.401. The van der Waals surface area contributed by atoms with Gasteiger partial charge in [-0.05, 0) is 24.3 Å². The zero-order chi connectivity index (χ0) is 28.9. The first-order valence-electron chi connectivity index (χ1n) is 12.9. The maximum Gasteiger partial charge on any atom is 0.262 e. The molecule has 0 radical (unpaired) electrons. The van der Waals surface area contributed by atoms with Gasteiger partial charge in [0, 0.05) is 33.7 Å². The number of benzene rings is 3. The molecule has 5 atom stereocenters. The summed E-state index contributed by atoms with van der Waals surface area (Å²) in [5.41, 5.74) is 1.43. The molecule has 0 aliphatic carbocycles. The second kappa shape index (κ2) is 8.88. The highest BCUT2D eigenvalue weighted by atomic mass is 16.6. The van der Waals surface area contributed by atoms with Crippen LogP contribution in [0.1, 0.15) is 26.9 Å². The van der Waals surface area contributed by atoms with Crippen LogP contribution in [0.25, 0.3) is 43.6 Å². The van der Waals surface area contributed by atoms with Gasteiger partial charge in [-0.25, -0.2) is 0 Å². The largest absolute Gasteiger partial charge is 0.508 e. The standard InChI is InChI=1S/C28H25N3O10/c32-6-5-30-26(39)19-17-12-3-1-10(34)7-14(12)29-21(17)22-18(20(19)27(30)40)13-4-2-11(35)8-15(13)31(22)28-25(38)24(37)23(36)16(9-33)41-28/h1-4,7-8,16,23-25,28-29,32-38H,5-6,9H2/t16-,23-,24+,25-,28-/m1/s1. The van der Waals surface area contributed by atoms with Crippen molar-refractivity contribution >= 4 is 55.4 Å². The fourth-order valence-corrected chi connectivity index (χ4v) is 6.32. The van der Waals surface area contributed by atoms with E-state index in [4.69, 9.17) is 4.74 Å². The van der Waals surface area contributed by atoms with Crippen LogP contribution in [-0.4, -0.2) is 106 Å². The minimum atomic E-state index is -1.72. The summed E-state index contributed by atoms with van der Waals surface area (Å²) >= 11 is 0. The summed E-state index contributed by atoms with van der Waals surface area (Å²) in [6.07, 6.45) is -7.73. The molecule has 212 valence electrons. The second-order valence-electron chi connectivity index (χ2n) is 10.4. The number of hydrogen-bond acceptors (Lipinski definition) is 10. The third kappa shape index (κ3) is 3.32. The lowest BCUT2D eigenvalue weighted by Crippen LogP contribution is -2.56.